The molecule has 0 saturated carbocycles. The Morgan fingerprint density at radius 3 is 1.18 bits per heavy atom. The molecule has 0 fully saturated rings. The van der Waals surface area contributed by atoms with Gasteiger partial charge in [-0.25, -0.2) is 0 Å². The van der Waals surface area contributed by atoms with E-state index in [0.29, 0.717) is 0 Å². The second-order valence-electron chi connectivity index (χ2n) is 23.0. The Balaban J connectivity index is 0.00000665. The van der Waals surface area contributed by atoms with Gasteiger partial charge in [0, 0.05) is 18.6 Å². The third-order valence-electron chi connectivity index (χ3n) is 18.0. The molecule has 0 amide bonds. The van der Waals surface area contributed by atoms with E-state index in [4.69, 9.17) is 4.98 Å². The zero-order valence-corrected chi connectivity index (χ0v) is 49.3. The Morgan fingerprint density at radius 2 is 0.695 bits per heavy atom. The number of pyridine rings is 3. The molecule has 1 aliphatic carbocycles. The Hall–Kier alpha value is -8.92. The third-order valence-corrected chi connectivity index (χ3v) is 18.0. The van der Waals surface area contributed by atoms with Crippen LogP contribution in [0.4, 0.5) is 0 Å². The van der Waals surface area contributed by atoms with Gasteiger partial charge in [0.1, 0.15) is 0 Å². The van der Waals surface area contributed by atoms with E-state index in [2.05, 4.69) is 276 Å². The summed E-state index contributed by atoms with van der Waals surface area (Å²) < 4.78 is 0. The molecule has 3 nitrogen and oxygen atoms in total. The van der Waals surface area contributed by atoms with E-state index >= 15 is 0 Å². The van der Waals surface area contributed by atoms with E-state index < -0.39 is 0 Å². The maximum absolute atomic E-state index is 5.23. The van der Waals surface area contributed by atoms with Crippen LogP contribution in [0.2, 0.25) is 0 Å². The quantitative estimate of drug-likeness (QED) is 0.121. The topological polar surface area (TPSA) is 38.7 Å². The number of aromatic nitrogens is 3. The first-order valence-corrected chi connectivity index (χ1v) is 28.0. The first-order valence-electron chi connectivity index (χ1n) is 28.0. The maximum atomic E-state index is 5.23. The van der Waals surface area contributed by atoms with Crippen LogP contribution in [-0.2, 0) is 30.9 Å². The summed E-state index contributed by atoms with van der Waals surface area (Å²) in [6.07, 6.45) is 5.79. The minimum Gasteiger partial charge on any atom is -0.305 e. The monoisotopic (exact) mass is 1230 g/mol. The van der Waals surface area contributed by atoms with Gasteiger partial charge in [-0.05, 0) is 125 Å². The van der Waals surface area contributed by atoms with Crippen LogP contribution in [0.25, 0.3) is 123 Å². The molecule has 0 spiro atoms. The van der Waals surface area contributed by atoms with Crippen molar-refractivity contribution in [3.8, 4) is 123 Å². The van der Waals surface area contributed by atoms with Gasteiger partial charge in [-0.1, -0.05) is 238 Å². The fraction of sp³-hybridized carbons (Fsp3) is 0.115. The van der Waals surface area contributed by atoms with Crippen molar-refractivity contribution < 1.29 is 20.1 Å². The van der Waals surface area contributed by atoms with E-state index in [1.54, 1.807) is 0 Å². The number of benzene rings is 9. The maximum Gasteiger partial charge on any atom is 3.00 e. The molecule has 3 heterocycles. The fourth-order valence-electron chi connectivity index (χ4n) is 12.2. The van der Waals surface area contributed by atoms with Crippen LogP contribution in [0.1, 0.15) is 52.7 Å². The summed E-state index contributed by atoms with van der Waals surface area (Å²) >= 11 is 0. The number of rotatable bonds is 11. The summed E-state index contributed by atoms with van der Waals surface area (Å²) in [6.45, 7) is 14.3. The van der Waals surface area contributed by atoms with Gasteiger partial charge in [0.25, 0.3) is 0 Å². The van der Waals surface area contributed by atoms with Gasteiger partial charge in [-0.15, -0.1) is 83.4 Å². The second kappa shape index (κ2) is 21.9. The van der Waals surface area contributed by atoms with Crippen LogP contribution >= 0.6 is 0 Å². The van der Waals surface area contributed by atoms with Crippen molar-refractivity contribution in [2.24, 2.45) is 5.41 Å². The van der Waals surface area contributed by atoms with Crippen molar-refractivity contribution in [1.82, 2.24) is 15.0 Å². The van der Waals surface area contributed by atoms with Gasteiger partial charge in [0.15, 0.2) is 0 Å². The number of nitrogens with zero attached hydrogens (tertiary/aromatic N) is 3. The first-order chi connectivity index (χ1) is 39.4. The van der Waals surface area contributed by atoms with Gasteiger partial charge in [-0.2, -0.15) is 0 Å². The molecule has 0 unspecified atom stereocenters. The first kappa shape index (κ1) is 53.7. The summed E-state index contributed by atoms with van der Waals surface area (Å²) in [5.41, 5.74) is 26.0. The summed E-state index contributed by atoms with van der Waals surface area (Å²) in [4.78, 5) is 14.5. The molecule has 0 radical (unpaired) electrons. The molecule has 0 saturated heterocycles. The standard InChI is InChI=1S/C78H60N3.Ir/c1-76(2)71-50-75(81-51-72(71)77(3,4)78(76,5)6)59-42-43-69(70(49-59)56-32-30-53(31-33-56)52-20-8-7-9-21-52)68-27-15-14-26-67(68)62-47-60(65-24-12-10-22-63(65)54-34-38-57(39-35-54)73-28-16-18-44-79-73)46-61(48-62)66-25-13-11-23-64(66)55-36-40-58(41-37-55)74-29-17-19-45-80-74;/h7-38,40,43-51H,1-6H3;/q-3;+3. The van der Waals surface area contributed by atoms with Gasteiger partial charge >= 0.3 is 20.1 Å². The average molecular weight is 1230 g/mol. The summed E-state index contributed by atoms with van der Waals surface area (Å²) in [6, 6.07) is 95.7. The Morgan fingerprint density at radius 1 is 0.280 bits per heavy atom. The molecule has 3 aromatic heterocycles. The number of hydrogen-bond acceptors (Lipinski definition) is 3. The molecular formula is C78H60IrN3. The Kier molecular flexibility index (Phi) is 14.3. The van der Waals surface area contributed by atoms with Crippen molar-refractivity contribution in [2.45, 2.75) is 52.4 Å². The minimum absolute atomic E-state index is 0. The Bertz CT molecular complexity index is 4110. The van der Waals surface area contributed by atoms with Gasteiger partial charge in [0.2, 0.25) is 0 Å². The SMILES string of the molecule is CC1(C)c2cnc(-c3[c-]cc(-c4ccccc4-c4cc(-c5ccccc5-c5c[c-]c(-c6ccccn6)cc5)cc(-c5ccccc5-c5c[c-]c(-c6ccccn6)cc5)c4)c(-c4ccc(-c5ccccc5)cc4)c3)cc2C(C)(C)C1(C)C.[Ir+3]. The van der Waals surface area contributed by atoms with E-state index in [0.717, 1.165) is 112 Å². The predicted octanol–water partition coefficient (Wildman–Crippen LogP) is 20.2. The van der Waals surface area contributed by atoms with Gasteiger partial charge < -0.3 is 15.0 Å². The molecular weight excluding hydrogens is 1170 g/mol. The van der Waals surface area contributed by atoms with Crippen LogP contribution in [0.5, 0.6) is 0 Å². The van der Waals surface area contributed by atoms with Crippen molar-refractivity contribution in [2.75, 3.05) is 0 Å². The third kappa shape index (κ3) is 9.66. The summed E-state index contributed by atoms with van der Waals surface area (Å²) in [5, 5.41) is 0. The van der Waals surface area contributed by atoms with Crippen molar-refractivity contribution in [3.63, 3.8) is 0 Å². The molecule has 13 rings (SSSR count). The summed E-state index contributed by atoms with van der Waals surface area (Å²) in [7, 11) is 0. The average Bonchev–Trinajstić information content (AvgIpc) is 2.19. The summed E-state index contributed by atoms with van der Waals surface area (Å²) in [5.74, 6) is 0. The minimum atomic E-state index is -0.0702. The second-order valence-corrected chi connectivity index (χ2v) is 23.0. The molecule has 0 bridgehead atoms. The van der Waals surface area contributed by atoms with Crippen LogP contribution in [0.3, 0.4) is 0 Å². The largest absolute Gasteiger partial charge is 3.00 e. The predicted molar refractivity (Wildman–Crippen MR) is 336 cm³/mol. The fourth-order valence-corrected chi connectivity index (χ4v) is 12.2. The normalized spacial score (nSPS) is 13.7. The number of hydrogen-bond donors (Lipinski definition) is 0. The molecule has 4 heteroatoms. The molecule has 396 valence electrons. The van der Waals surface area contributed by atoms with Gasteiger partial charge in [-0.3, -0.25) is 0 Å². The van der Waals surface area contributed by atoms with Crippen molar-refractivity contribution >= 4 is 0 Å². The van der Waals surface area contributed by atoms with Crippen LogP contribution in [-0.4, -0.2) is 15.0 Å². The molecule has 9 aromatic carbocycles. The van der Waals surface area contributed by atoms with E-state index in [1.807, 2.05) is 48.8 Å². The molecule has 1 aliphatic rings. The van der Waals surface area contributed by atoms with E-state index in [9.17, 15) is 0 Å². The zero-order chi connectivity index (χ0) is 55.3. The smallest absolute Gasteiger partial charge is 0.305 e. The van der Waals surface area contributed by atoms with Crippen LogP contribution in [0, 0.1) is 23.6 Å². The molecule has 82 heavy (non-hydrogen) atoms. The molecule has 0 atom stereocenters. The Labute approximate surface area is 496 Å². The van der Waals surface area contributed by atoms with Crippen molar-refractivity contribution in [1.29, 1.82) is 0 Å². The molecule has 12 aromatic rings. The number of fused-ring (bicyclic) bond motifs is 1. The van der Waals surface area contributed by atoms with Gasteiger partial charge in [0.05, 0.1) is 0 Å². The van der Waals surface area contributed by atoms with E-state index in [-0.39, 0.29) is 36.4 Å². The molecule has 0 N–H and O–H groups in total. The zero-order valence-electron chi connectivity index (χ0n) is 46.9. The van der Waals surface area contributed by atoms with Crippen LogP contribution < -0.4 is 0 Å². The molecule has 0 aliphatic heterocycles. The van der Waals surface area contributed by atoms with Crippen molar-refractivity contribution in [3.05, 3.63) is 285 Å². The van der Waals surface area contributed by atoms with Crippen LogP contribution in [0.15, 0.2) is 255 Å². The van der Waals surface area contributed by atoms with E-state index in [1.165, 1.54) is 22.3 Å².